The summed E-state index contributed by atoms with van der Waals surface area (Å²) in [6.45, 7) is 2.44. The molecular formula is C21H21ClN4O. The van der Waals surface area contributed by atoms with E-state index < -0.39 is 5.60 Å². The number of benzene rings is 1. The highest BCUT2D eigenvalue weighted by Crippen LogP contribution is 2.39. The van der Waals surface area contributed by atoms with Gasteiger partial charge < -0.3 is 5.11 Å². The van der Waals surface area contributed by atoms with Gasteiger partial charge in [0.15, 0.2) is 0 Å². The van der Waals surface area contributed by atoms with Crippen LogP contribution in [0.2, 0.25) is 5.15 Å². The van der Waals surface area contributed by atoms with Crippen molar-refractivity contribution in [3.05, 3.63) is 70.6 Å². The highest BCUT2D eigenvalue weighted by Gasteiger charge is 2.39. The molecule has 138 valence electrons. The van der Waals surface area contributed by atoms with Crippen LogP contribution in [0.25, 0.3) is 0 Å². The van der Waals surface area contributed by atoms with Crippen molar-refractivity contribution < 1.29 is 5.11 Å². The first-order chi connectivity index (χ1) is 13.0. The number of pyridine rings is 1. The summed E-state index contributed by atoms with van der Waals surface area (Å²) in [6, 6.07) is 13.5. The lowest BCUT2D eigenvalue weighted by Gasteiger charge is -2.44. The number of hydrogen-bond acceptors (Lipinski definition) is 5. The molecule has 6 heteroatoms. The maximum Gasteiger partial charge on any atom is 0.129 e. The molecule has 1 aromatic carbocycles. The van der Waals surface area contributed by atoms with Gasteiger partial charge in [-0.2, -0.15) is 5.26 Å². The minimum atomic E-state index is -0.657. The first kappa shape index (κ1) is 17.8. The van der Waals surface area contributed by atoms with E-state index in [1.807, 2.05) is 48.5 Å². The molecule has 1 atom stereocenters. The third-order valence-electron chi connectivity index (χ3n) is 5.25. The Bertz CT molecular complexity index is 912. The van der Waals surface area contributed by atoms with Gasteiger partial charge in [0, 0.05) is 11.9 Å². The van der Waals surface area contributed by atoms with Crippen LogP contribution < -0.4 is 5.01 Å². The van der Waals surface area contributed by atoms with E-state index in [0.29, 0.717) is 17.3 Å². The van der Waals surface area contributed by atoms with Crippen molar-refractivity contribution in [2.45, 2.75) is 37.8 Å². The van der Waals surface area contributed by atoms with Crippen LogP contribution in [0.15, 0.2) is 48.7 Å². The fourth-order valence-electron chi connectivity index (χ4n) is 3.77. The lowest BCUT2D eigenvalue weighted by atomic mass is 9.80. The monoisotopic (exact) mass is 380 g/mol. The Morgan fingerprint density at radius 3 is 2.81 bits per heavy atom. The first-order valence-electron chi connectivity index (χ1n) is 9.08. The van der Waals surface area contributed by atoms with Crippen molar-refractivity contribution in [1.82, 2.24) is 9.99 Å². The summed E-state index contributed by atoms with van der Waals surface area (Å²) >= 11 is 6.19. The quantitative estimate of drug-likeness (QED) is 0.808. The standard InChI is InChI=1S/C21H21ClN4O/c1-15-10-17(12-20(22)24-15)19-6-9-25(14-21(27)7-3-8-21)26(19)18-5-2-4-16(11-18)13-23/h2,4-6,9-12,19,27H,3,7-8,14H2,1H3. The van der Waals surface area contributed by atoms with Crippen molar-refractivity contribution in [1.29, 1.82) is 5.26 Å². The summed E-state index contributed by atoms with van der Waals surface area (Å²) in [5.41, 5.74) is 2.72. The van der Waals surface area contributed by atoms with Crippen LogP contribution in [0.3, 0.4) is 0 Å². The van der Waals surface area contributed by atoms with E-state index >= 15 is 0 Å². The molecule has 0 bridgehead atoms. The van der Waals surface area contributed by atoms with Crippen molar-refractivity contribution in [2.24, 2.45) is 0 Å². The molecule has 1 fully saturated rings. The van der Waals surface area contributed by atoms with Crippen molar-refractivity contribution in [3.8, 4) is 6.07 Å². The lowest BCUT2D eigenvalue weighted by molar-refractivity contribution is -0.0518. The molecule has 0 spiro atoms. The van der Waals surface area contributed by atoms with Gasteiger partial charge in [0.25, 0.3) is 0 Å². The van der Waals surface area contributed by atoms with E-state index in [0.717, 1.165) is 36.2 Å². The predicted molar refractivity (Wildman–Crippen MR) is 105 cm³/mol. The number of hydrazine groups is 1. The highest BCUT2D eigenvalue weighted by atomic mass is 35.5. The van der Waals surface area contributed by atoms with Crippen molar-refractivity contribution in [3.63, 3.8) is 0 Å². The molecule has 2 heterocycles. The molecule has 0 amide bonds. The second-order valence-electron chi connectivity index (χ2n) is 7.33. The van der Waals surface area contributed by atoms with Gasteiger partial charge >= 0.3 is 0 Å². The number of nitriles is 1. The van der Waals surface area contributed by atoms with Gasteiger partial charge in [-0.15, -0.1) is 0 Å². The van der Waals surface area contributed by atoms with Crippen LogP contribution in [-0.4, -0.2) is 27.2 Å². The van der Waals surface area contributed by atoms with Gasteiger partial charge in [0.2, 0.25) is 0 Å². The van der Waals surface area contributed by atoms with E-state index in [4.69, 9.17) is 11.6 Å². The van der Waals surface area contributed by atoms with Gasteiger partial charge in [0.05, 0.1) is 35.5 Å². The minimum Gasteiger partial charge on any atom is -0.388 e. The number of rotatable bonds is 4. The minimum absolute atomic E-state index is 0.0816. The number of β-amino-alcohol motifs (C(OH)–C–C–N with tert-alkyl or cyclic N) is 1. The molecule has 4 rings (SSSR count). The average Bonchev–Trinajstić information content (AvgIpc) is 3.03. The van der Waals surface area contributed by atoms with Crippen LogP contribution in [0.4, 0.5) is 5.69 Å². The molecule has 2 aliphatic rings. The Kier molecular flexibility index (Phi) is 4.55. The molecule has 0 radical (unpaired) electrons. The van der Waals surface area contributed by atoms with Gasteiger partial charge in [0.1, 0.15) is 5.15 Å². The number of aliphatic hydroxyl groups is 1. The number of anilines is 1. The summed E-state index contributed by atoms with van der Waals surface area (Å²) in [7, 11) is 0. The molecule has 1 saturated carbocycles. The van der Waals surface area contributed by atoms with Crippen molar-refractivity contribution in [2.75, 3.05) is 11.6 Å². The summed E-state index contributed by atoms with van der Waals surface area (Å²) in [4.78, 5) is 4.26. The summed E-state index contributed by atoms with van der Waals surface area (Å²) in [5.74, 6) is 0. The molecule has 2 aromatic rings. The number of halogens is 1. The Balaban J connectivity index is 1.73. The van der Waals surface area contributed by atoms with Crippen LogP contribution in [-0.2, 0) is 0 Å². The van der Waals surface area contributed by atoms with Gasteiger partial charge in [-0.3, -0.25) is 10.0 Å². The third-order valence-corrected chi connectivity index (χ3v) is 5.44. The van der Waals surface area contributed by atoms with E-state index in [-0.39, 0.29) is 6.04 Å². The maximum atomic E-state index is 10.7. The molecule has 0 saturated heterocycles. The smallest absolute Gasteiger partial charge is 0.129 e. The van der Waals surface area contributed by atoms with Crippen LogP contribution in [0.5, 0.6) is 0 Å². The van der Waals surface area contributed by atoms with Crippen LogP contribution in [0.1, 0.15) is 42.1 Å². The maximum absolute atomic E-state index is 10.7. The second-order valence-corrected chi connectivity index (χ2v) is 7.72. The largest absolute Gasteiger partial charge is 0.388 e. The fraction of sp³-hybridized carbons (Fsp3) is 0.333. The SMILES string of the molecule is Cc1cc(C2C=CN(CC3(O)CCC3)N2c2cccc(C#N)c2)cc(Cl)n1. The molecule has 1 unspecified atom stereocenters. The van der Waals surface area contributed by atoms with Gasteiger partial charge in [-0.1, -0.05) is 17.7 Å². The molecule has 1 aliphatic heterocycles. The van der Waals surface area contributed by atoms with Crippen molar-refractivity contribution >= 4 is 17.3 Å². The third kappa shape index (κ3) is 3.51. The summed E-state index contributed by atoms with van der Waals surface area (Å²) in [6.07, 6.45) is 6.78. The number of aryl methyl sites for hydroxylation is 1. The molecule has 1 aliphatic carbocycles. The molecule has 27 heavy (non-hydrogen) atoms. The molecular weight excluding hydrogens is 360 g/mol. The van der Waals surface area contributed by atoms with Gasteiger partial charge in [-0.25, -0.2) is 4.98 Å². The topological polar surface area (TPSA) is 63.4 Å². The van der Waals surface area contributed by atoms with E-state index in [1.165, 1.54) is 0 Å². The van der Waals surface area contributed by atoms with Crippen LogP contribution >= 0.6 is 11.6 Å². The van der Waals surface area contributed by atoms with E-state index in [2.05, 4.69) is 22.1 Å². The summed E-state index contributed by atoms with van der Waals surface area (Å²) in [5, 5.41) is 24.6. The first-order valence-corrected chi connectivity index (χ1v) is 9.46. The fourth-order valence-corrected chi connectivity index (χ4v) is 4.03. The van der Waals surface area contributed by atoms with Gasteiger partial charge in [-0.05, 0) is 68.2 Å². The Morgan fingerprint density at radius 1 is 1.33 bits per heavy atom. The Hall–Kier alpha value is -2.55. The van der Waals surface area contributed by atoms with E-state index in [1.54, 1.807) is 6.07 Å². The number of nitrogens with zero attached hydrogens (tertiary/aromatic N) is 4. The zero-order valence-electron chi connectivity index (χ0n) is 15.1. The Morgan fingerprint density at radius 2 is 2.15 bits per heavy atom. The molecule has 1 aromatic heterocycles. The number of hydrogen-bond donors (Lipinski definition) is 1. The second kappa shape index (κ2) is 6.88. The lowest BCUT2D eigenvalue weighted by Crippen LogP contribution is -2.51. The van der Waals surface area contributed by atoms with E-state index in [9.17, 15) is 10.4 Å². The molecule has 5 nitrogen and oxygen atoms in total. The van der Waals surface area contributed by atoms with Crippen LogP contribution in [0, 0.1) is 18.3 Å². The normalized spacial score (nSPS) is 20.4. The predicted octanol–water partition coefficient (Wildman–Crippen LogP) is 4.12. The average molecular weight is 381 g/mol. The zero-order chi connectivity index (χ0) is 19.0. The number of aromatic nitrogens is 1. The Labute approximate surface area is 164 Å². The summed E-state index contributed by atoms with van der Waals surface area (Å²) < 4.78 is 0. The molecule has 1 N–H and O–H groups in total. The highest BCUT2D eigenvalue weighted by molar-refractivity contribution is 6.29. The zero-order valence-corrected chi connectivity index (χ0v) is 15.9.